The standard InChI is InChI=1S/C15H20FNO2S/c1-11(9-10-20-3)17(2)14-6-4-5-13(16)12(14)7-8-15(18)19/h4-8,11H,9-10H2,1-3H3,(H,18,19)/b8-7+. The summed E-state index contributed by atoms with van der Waals surface area (Å²) >= 11 is 1.77. The quantitative estimate of drug-likeness (QED) is 0.782. The van der Waals surface area contributed by atoms with Gasteiger partial charge in [-0.25, -0.2) is 9.18 Å². The first-order valence-electron chi connectivity index (χ1n) is 6.38. The second-order valence-corrected chi connectivity index (χ2v) is 5.57. The van der Waals surface area contributed by atoms with E-state index in [0.717, 1.165) is 18.2 Å². The van der Waals surface area contributed by atoms with E-state index in [9.17, 15) is 9.18 Å². The molecule has 1 rings (SSSR count). The van der Waals surface area contributed by atoms with Crippen molar-refractivity contribution in [1.29, 1.82) is 0 Å². The van der Waals surface area contributed by atoms with E-state index in [4.69, 9.17) is 5.11 Å². The lowest BCUT2D eigenvalue weighted by Gasteiger charge is -2.28. The summed E-state index contributed by atoms with van der Waals surface area (Å²) < 4.78 is 13.9. The van der Waals surface area contributed by atoms with Crippen LogP contribution in [-0.4, -0.2) is 36.2 Å². The number of nitrogens with zero attached hydrogens (tertiary/aromatic N) is 1. The summed E-state index contributed by atoms with van der Waals surface area (Å²) in [5.74, 6) is -0.470. The second-order valence-electron chi connectivity index (χ2n) is 4.59. The number of thioether (sulfide) groups is 1. The normalized spacial score (nSPS) is 12.6. The Hall–Kier alpha value is -1.49. The lowest BCUT2D eigenvalue weighted by Crippen LogP contribution is -2.30. The van der Waals surface area contributed by atoms with E-state index in [1.165, 1.54) is 12.1 Å². The van der Waals surface area contributed by atoms with E-state index in [0.29, 0.717) is 11.3 Å². The molecule has 5 heteroatoms. The van der Waals surface area contributed by atoms with Crippen LogP contribution in [-0.2, 0) is 4.79 Å². The van der Waals surface area contributed by atoms with Gasteiger partial charge in [-0.05, 0) is 43.6 Å². The number of carboxylic acid groups (broad SMARTS) is 1. The topological polar surface area (TPSA) is 40.5 Å². The number of carbonyl (C=O) groups is 1. The summed E-state index contributed by atoms with van der Waals surface area (Å²) in [7, 11) is 1.90. The third-order valence-corrected chi connectivity index (χ3v) is 3.85. The molecular formula is C15H20FNO2S. The fraction of sp³-hybridized carbons (Fsp3) is 0.400. The molecule has 0 amide bonds. The second kappa shape index (κ2) is 7.94. The van der Waals surface area contributed by atoms with Crippen molar-refractivity contribution >= 4 is 29.5 Å². The molecule has 0 bridgehead atoms. The molecule has 1 N–H and O–H groups in total. The summed E-state index contributed by atoms with van der Waals surface area (Å²) in [5, 5.41) is 8.69. The zero-order valence-electron chi connectivity index (χ0n) is 12.0. The van der Waals surface area contributed by atoms with Crippen LogP contribution < -0.4 is 4.90 Å². The summed E-state index contributed by atoms with van der Waals surface area (Å²) in [6.07, 6.45) is 5.30. The highest BCUT2D eigenvalue weighted by Gasteiger charge is 2.14. The molecule has 1 aromatic carbocycles. The van der Waals surface area contributed by atoms with Crippen molar-refractivity contribution in [2.75, 3.05) is 24.0 Å². The van der Waals surface area contributed by atoms with Gasteiger partial charge in [0.25, 0.3) is 0 Å². The number of benzene rings is 1. The maximum atomic E-state index is 13.9. The van der Waals surface area contributed by atoms with Crippen LogP contribution in [0, 0.1) is 5.82 Å². The highest BCUT2D eigenvalue weighted by Crippen LogP contribution is 2.26. The molecule has 0 aliphatic rings. The third kappa shape index (κ3) is 4.56. The summed E-state index contributed by atoms with van der Waals surface area (Å²) in [6, 6.07) is 5.04. The fourth-order valence-electron chi connectivity index (χ4n) is 1.87. The van der Waals surface area contributed by atoms with Crippen LogP contribution in [0.1, 0.15) is 18.9 Å². The average molecular weight is 297 g/mol. The minimum atomic E-state index is -1.09. The molecule has 1 atom stereocenters. The smallest absolute Gasteiger partial charge is 0.328 e. The summed E-state index contributed by atoms with van der Waals surface area (Å²) in [5.41, 5.74) is 1.02. The van der Waals surface area contributed by atoms with Gasteiger partial charge in [-0.1, -0.05) is 6.07 Å². The Kier molecular flexibility index (Phi) is 6.58. The molecule has 0 saturated carbocycles. The van der Waals surface area contributed by atoms with Gasteiger partial charge in [-0.15, -0.1) is 0 Å². The lowest BCUT2D eigenvalue weighted by molar-refractivity contribution is -0.131. The first-order valence-corrected chi connectivity index (χ1v) is 7.78. The number of rotatable bonds is 7. The first kappa shape index (κ1) is 16.6. The van der Waals surface area contributed by atoms with Crippen molar-refractivity contribution in [2.24, 2.45) is 0 Å². The predicted octanol–water partition coefficient (Wildman–Crippen LogP) is 3.50. The van der Waals surface area contributed by atoms with Crippen molar-refractivity contribution in [1.82, 2.24) is 0 Å². The first-order chi connectivity index (χ1) is 9.47. The van der Waals surface area contributed by atoms with Crippen molar-refractivity contribution in [3.05, 3.63) is 35.7 Å². The van der Waals surface area contributed by atoms with E-state index >= 15 is 0 Å². The molecule has 3 nitrogen and oxygen atoms in total. The molecule has 0 aromatic heterocycles. The monoisotopic (exact) mass is 297 g/mol. The van der Waals surface area contributed by atoms with E-state index in [1.54, 1.807) is 23.9 Å². The number of aliphatic carboxylic acids is 1. The molecule has 0 fully saturated rings. The average Bonchev–Trinajstić information content (AvgIpc) is 2.42. The van der Waals surface area contributed by atoms with E-state index in [1.807, 2.05) is 11.9 Å². The molecule has 0 aliphatic carbocycles. The molecule has 0 aliphatic heterocycles. The predicted molar refractivity (Wildman–Crippen MR) is 83.9 cm³/mol. The van der Waals surface area contributed by atoms with Gasteiger partial charge >= 0.3 is 5.97 Å². The van der Waals surface area contributed by atoms with Gasteiger partial charge in [0, 0.05) is 30.4 Å². The molecule has 0 spiro atoms. The number of halogens is 1. The van der Waals surface area contributed by atoms with Crippen molar-refractivity contribution in [2.45, 2.75) is 19.4 Å². The molecule has 20 heavy (non-hydrogen) atoms. The zero-order valence-corrected chi connectivity index (χ0v) is 12.8. The summed E-state index contributed by atoms with van der Waals surface area (Å²) in [4.78, 5) is 12.6. The SMILES string of the molecule is CSCCC(C)N(C)c1cccc(F)c1/C=C/C(=O)O. The maximum Gasteiger partial charge on any atom is 0.328 e. The minimum absolute atomic E-state index is 0.251. The Morgan fingerprint density at radius 3 is 2.85 bits per heavy atom. The van der Waals surface area contributed by atoms with Crippen LogP contribution in [0.15, 0.2) is 24.3 Å². The third-order valence-electron chi connectivity index (χ3n) is 3.20. The highest BCUT2D eigenvalue weighted by atomic mass is 32.2. The van der Waals surface area contributed by atoms with Gasteiger partial charge in [0.05, 0.1) is 0 Å². The van der Waals surface area contributed by atoms with Crippen molar-refractivity contribution < 1.29 is 14.3 Å². The van der Waals surface area contributed by atoms with E-state index in [-0.39, 0.29) is 6.04 Å². The Bertz CT molecular complexity index is 491. The maximum absolute atomic E-state index is 13.9. The van der Waals surface area contributed by atoms with Gasteiger partial charge in [-0.3, -0.25) is 0 Å². The van der Waals surface area contributed by atoms with Gasteiger partial charge in [0.1, 0.15) is 5.82 Å². The number of hydrogen-bond acceptors (Lipinski definition) is 3. The summed E-state index contributed by atoms with van der Waals surface area (Å²) in [6.45, 7) is 2.08. The van der Waals surface area contributed by atoms with Crippen LogP contribution >= 0.6 is 11.8 Å². The molecule has 0 saturated heterocycles. The molecule has 110 valence electrons. The van der Waals surface area contributed by atoms with Crippen LogP contribution in [0.4, 0.5) is 10.1 Å². The lowest BCUT2D eigenvalue weighted by atomic mass is 10.1. The Labute approximate surface area is 123 Å². The zero-order chi connectivity index (χ0) is 15.1. The number of anilines is 1. The van der Waals surface area contributed by atoms with Gasteiger partial charge in [0.2, 0.25) is 0 Å². The molecule has 0 heterocycles. The molecule has 1 unspecified atom stereocenters. The van der Waals surface area contributed by atoms with Crippen LogP contribution in [0.5, 0.6) is 0 Å². The minimum Gasteiger partial charge on any atom is -0.478 e. The fourth-order valence-corrected chi connectivity index (χ4v) is 2.45. The van der Waals surface area contributed by atoms with Crippen molar-refractivity contribution in [3.8, 4) is 0 Å². The number of carboxylic acids is 1. The van der Waals surface area contributed by atoms with E-state index in [2.05, 4.69) is 13.2 Å². The number of hydrogen-bond donors (Lipinski definition) is 1. The highest BCUT2D eigenvalue weighted by molar-refractivity contribution is 7.98. The Balaban J connectivity index is 3.04. The Morgan fingerprint density at radius 1 is 1.55 bits per heavy atom. The van der Waals surface area contributed by atoms with Gasteiger partial charge in [0.15, 0.2) is 0 Å². The van der Waals surface area contributed by atoms with Crippen LogP contribution in [0.3, 0.4) is 0 Å². The van der Waals surface area contributed by atoms with Crippen molar-refractivity contribution in [3.63, 3.8) is 0 Å². The van der Waals surface area contributed by atoms with E-state index < -0.39 is 11.8 Å². The largest absolute Gasteiger partial charge is 0.478 e. The molecule has 0 radical (unpaired) electrons. The van der Waals surface area contributed by atoms with Gasteiger partial charge in [-0.2, -0.15) is 11.8 Å². The molecule has 1 aromatic rings. The van der Waals surface area contributed by atoms with Crippen LogP contribution in [0.25, 0.3) is 6.08 Å². The molecular weight excluding hydrogens is 277 g/mol. The van der Waals surface area contributed by atoms with Gasteiger partial charge < -0.3 is 10.0 Å². The van der Waals surface area contributed by atoms with Crippen LogP contribution in [0.2, 0.25) is 0 Å². The Morgan fingerprint density at radius 2 is 2.25 bits per heavy atom.